The van der Waals surface area contributed by atoms with Gasteiger partial charge in [0.1, 0.15) is 0 Å². The van der Waals surface area contributed by atoms with Crippen molar-refractivity contribution in [2.45, 2.75) is 51.5 Å². The van der Waals surface area contributed by atoms with Gasteiger partial charge in [0.2, 0.25) is 10.0 Å². The molecule has 1 saturated carbocycles. The summed E-state index contributed by atoms with van der Waals surface area (Å²) >= 11 is 0. The molecule has 2 fully saturated rings. The molecule has 0 aromatic carbocycles. The van der Waals surface area contributed by atoms with Crippen molar-refractivity contribution < 1.29 is 8.42 Å². The summed E-state index contributed by atoms with van der Waals surface area (Å²) in [5, 5.41) is 3.59. The highest BCUT2D eigenvalue weighted by atomic mass is 32.2. The Morgan fingerprint density at radius 3 is 2.68 bits per heavy atom. The molecule has 3 unspecified atom stereocenters. The van der Waals surface area contributed by atoms with Crippen molar-refractivity contribution in [1.29, 1.82) is 0 Å². The summed E-state index contributed by atoms with van der Waals surface area (Å²) < 4.78 is 25.0. The number of hydrogen-bond donors (Lipinski definition) is 1. The van der Waals surface area contributed by atoms with E-state index in [4.69, 9.17) is 0 Å². The molecule has 19 heavy (non-hydrogen) atoms. The van der Waals surface area contributed by atoms with Gasteiger partial charge in [0.25, 0.3) is 0 Å². The minimum absolute atomic E-state index is 0.563. The van der Waals surface area contributed by atoms with Crippen LogP contribution in [0.3, 0.4) is 0 Å². The molecule has 2 rings (SSSR count). The van der Waals surface area contributed by atoms with E-state index < -0.39 is 10.0 Å². The van der Waals surface area contributed by atoms with Gasteiger partial charge in [-0.3, -0.25) is 0 Å². The Morgan fingerprint density at radius 2 is 2.00 bits per heavy atom. The Labute approximate surface area is 118 Å². The normalized spacial score (nSPS) is 33.7. The molecule has 1 aliphatic heterocycles. The smallest absolute Gasteiger partial charge is 0.211 e. The van der Waals surface area contributed by atoms with Gasteiger partial charge in [-0.05, 0) is 50.5 Å². The highest BCUT2D eigenvalue weighted by Crippen LogP contribution is 2.34. The zero-order valence-corrected chi connectivity index (χ0v) is 13.1. The molecular weight excluding hydrogens is 260 g/mol. The Balaban J connectivity index is 1.88. The first kappa shape index (κ1) is 15.3. The Bertz CT molecular complexity index is 383. The lowest BCUT2D eigenvalue weighted by Gasteiger charge is -2.33. The quantitative estimate of drug-likeness (QED) is 0.839. The lowest BCUT2D eigenvalue weighted by Crippen LogP contribution is -2.41. The van der Waals surface area contributed by atoms with E-state index in [1.165, 1.54) is 38.4 Å². The van der Waals surface area contributed by atoms with E-state index in [0.29, 0.717) is 12.0 Å². The standard InChI is InChI=1S/C14H28N2O2S/c1-3-15-14-8-4-7-13(14)10-12-6-5-9-16(11-12)19(2,17)18/h12-15H,3-11H2,1-2H3. The van der Waals surface area contributed by atoms with E-state index in [1.807, 2.05) is 0 Å². The van der Waals surface area contributed by atoms with Gasteiger partial charge >= 0.3 is 0 Å². The van der Waals surface area contributed by atoms with Gasteiger partial charge in [-0.25, -0.2) is 12.7 Å². The number of nitrogens with zero attached hydrogens (tertiary/aromatic N) is 1. The number of sulfonamides is 1. The van der Waals surface area contributed by atoms with Gasteiger partial charge in [-0.2, -0.15) is 0 Å². The maximum absolute atomic E-state index is 11.6. The van der Waals surface area contributed by atoms with E-state index >= 15 is 0 Å². The van der Waals surface area contributed by atoms with E-state index in [1.54, 1.807) is 4.31 Å². The van der Waals surface area contributed by atoms with Crippen LogP contribution in [0.25, 0.3) is 0 Å². The molecule has 4 nitrogen and oxygen atoms in total. The first-order valence-corrected chi connectivity index (χ1v) is 9.54. The van der Waals surface area contributed by atoms with Crippen molar-refractivity contribution in [3.05, 3.63) is 0 Å². The van der Waals surface area contributed by atoms with Crippen molar-refractivity contribution in [1.82, 2.24) is 9.62 Å². The first-order chi connectivity index (χ1) is 9.00. The monoisotopic (exact) mass is 288 g/mol. The molecule has 0 radical (unpaired) electrons. The molecule has 112 valence electrons. The minimum Gasteiger partial charge on any atom is -0.314 e. The molecule has 0 amide bonds. The minimum atomic E-state index is -3.00. The first-order valence-electron chi connectivity index (χ1n) is 7.69. The van der Waals surface area contributed by atoms with Gasteiger partial charge in [0, 0.05) is 19.1 Å². The fourth-order valence-corrected chi connectivity index (χ4v) is 4.74. The maximum atomic E-state index is 11.6. The Morgan fingerprint density at radius 1 is 1.21 bits per heavy atom. The zero-order chi connectivity index (χ0) is 13.9. The molecule has 0 aromatic heterocycles. The van der Waals surface area contributed by atoms with Crippen molar-refractivity contribution >= 4 is 10.0 Å². The van der Waals surface area contributed by atoms with Gasteiger partial charge < -0.3 is 5.32 Å². The van der Waals surface area contributed by atoms with Gasteiger partial charge in [-0.1, -0.05) is 13.3 Å². The van der Waals surface area contributed by atoms with Crippen LogP contribution < -0.4 is 5.32 Å². The molecular formula is C14H28N2O2S. The van der Waals surface area contributed by atoms with Crippen molar-refractivity contribution in [2.24, 2.45) is 11.8 Å². The average molecular weight is 288 g/mol. The van der Waals surface area contributed by atoms with Crippen molar-refractivity contribution in [2.75, 3.05) is 25.9 Å². The lowest BCUT2D eigenvalue weighted by atomic mass is 9.86. The summed E-state index contributed by atoms with van der Waals surface area (Å²) in [4.78, 5) is 0. The molecule has 0 aromatic rings. The predicted octanol–water partition coefficient (Wildman–Crippen LogP) is 1.83. The summed E-state index contributed by atoms with van der Waals surface area (Å²) in [6.45, 7) is 4.67. The molecule has 3 atom stereocenters. The molecule has 1 saturated heterocycles. The molecule has 1 aliphatic carbocycles. The summed E-state index contributed by atoms with van der Waals surface area (Å²) in [5.41, 5.74) is 0. The highest BCUT2D eigenvalue weighted by molar-refractivity contribution is 7.88. The molecule has 5 heteroatoms. The summed E-state index contributed by atoms with van der Waals surface area (Å²) in [6.07, 6.45) is 8.69. The lowest BCUT2D eigenvalue weighted by molar-refractivity contribution is 0.219. The summed E-state index contributed by atoms with van der Waals surface area (Å²) in [5.74, 6) is 1.32. The topological polar surface area (TPSA) is 49.4 Å². The number of nitrogens with one attached hydrogen (secondary N) is 1. The van der Waals surface area contributed by atoms with E-state index in [2.05, 4.69) is 12.2 Å². The highest BCUT2D eigenvalue weighted by Gasteiger charge is 2.32. The van der Waals surface area contributed by atoms with Crippen LogP contribution in [-0.4, -0.2) is 44.7 Å². The number of rotatable bonds is 5. The van der Waals surface area contributed by atoms with E-state index in [0.717, 1.165) is 32.0 Å². The van der Waals surface area contributed by atoms with Crippen LogP contribution in [0.15, 0.2) is 0 Å². The van der Waals surface area contributed by atoms with Crippen LogP contribution in [0, 0.1) is 11.8 Å². The van der Waals surface area contributed by atoms with Crippen LogP contribution in [0.4, 0.5) is 0 Å². The molecule has 0 bridgehead atoms. The van der Waals surface area contributed by atoms with E-state index in [9.17, 15) is 8.42 Å². The molecule has 1 heterocycles. The number of piperidine rings is 1. The number of hydrogen-bond acceptors (Lipinski definition) is 3. The molecule has 2 aliphatic rings. The molecule has 0 spiro atoms. The van der Waals surface area contributed by atoms with Crippen molar-refractivity contribution in [3.8, 4) is 0 Å². The van der Waals surface area contributed by atoms with Gasteiger partial charge in [0.15, 0.2) is 0 Å². The van der Waals surface area contributed by atoms with Crippen LogP contribution in [0.2, 0.25) is 0 Å². The second kappa shape index (κ2) is 6.55. The summed E-state index contributed by atoms with van der Waals surface area (Å²) in [6, 6.07) is 0.665. The second-order valence-corrected chi connectivity index (χ2v) is 8.20. The third-order valence-corrected chi connectivity index (χ3v) is 5.98. The van der Waals surface area contributed by atoms with Crippen LogP contribution in [-0.2, 0) is 10.0 Å². The fraction of sp³-hybridized carbons (Fsp3) is 1.00. The van der Waals surface area contributed by atoms with Crippen LogP contribution >= 0.6 is 0 Å². The SMILES string of the molecule is CCNC1CCCC1CC1CCCN(S(C)(=O)=O)C1. The zero-order valence-electron chi connectivity index (χ0n) is 12.3. The second-order valence-electron chi connectivity index (χ2n) is 6.22. The van der Waals surface area contributed by atoms with Gasteiger partial charge in [-0.15, -0.1) is 0 Å². The van der Waals surface area contributed by atoms with Gasteiger partial charge in [0.05, 0.1) is 6.26 Å². The summed E-state index contributed by atoms with van der Waals surface area (Å²) in [7, 11) is -3.00. The average Bonchev–Trinajstić information content (AvgIpc) is 2.77. The Hall–Kier alpha value is -0.130. The third kappa shape index (κ3) is 4.17. The predicted molar refractivity (Wildman–Crippen MR) is 78.6 cm³/mol. The van der Waals surface area contributed by atoms with E-state index in [-0.39, 0.29) is 0 Å². The largest absolute Gasteiger partial charge is 0.314 e. The van der Waals surface area contributed by atoms with Crippen LogP contribution in [0.5, 0.6) is 0 Å². The molecule has 1 N–H and O–H groups in total. The van der Waals surface area contributed by atoms with Crippen molar-refractivity contribution in [3.63, 3.8) is 0 Å². The fourth-order valence-electron chi connectivity index (χ4n) is 3.80. The maximum Gasteiger partial charge on any atom is 0.211 e. The third-order valence-electron chi connectivity index (χ3n) is 4.71. The van der Waals surface area contributed by atoms with Crippen LogP contribution in [0.1, 0.15) is 45.4 Å². The Kier molecular flexibility index (Phi) is 5.26.